The molecule has 6 heteroatoms. The minimum Gasteiger partial charge on any atom is -0.461 e. The number of carbonyl (C=O) groups is 3. The summed E-state index contributed by atoms with van der Waals surface area (Å²) in [7, 11) is 0. The Hall–Kier alpha value is -3.93. The number of anilines is 1. The van der Waals surface area contributed by atoms with Crippen LogP contribution in [0.15, 0.2) is 66.9 Å². The number of rotatable bonds is 3. The number of para-hydroxylation sites is 1. The van der Waals surface area contributed by atoms with Gasteiger partial charge in [0.25, 0.3) is 11.8 Å². The first-order valence-corrected chi connectivity index (χ1v) is 9.30. The zero-order chi connectivity index (χ0) is 20.1. The molecule has 0 saturated heterocycles. The molecule has 0 spiro atoms. The molecular formula is C23H16N2O4. The van der Waals surface area contributed by atoms with E-state index < -0.39 is 17.8 Å². The summed E-state index contributed by atoms with van der Waals surface area (Å²) in [5.74, 6) is -1.59. The third-order valence-corrected chi connectivity index (χ3v) is 5.14. The maximum Gasteiger partial charge on any atom is 0.356 e. The molecule has 2 amide bonds. The molecular weight excluding hydrogens is 368 g/mol. The first kappa shape index (κ1) is 17.2. The van der Waals surface area contributed by atoms with Crippen LogP contribution in [0.3, 0.4) is 0 Å². The quantitative estimate of drug-likeness (QED) is 0.394. The van der Waals surface area contributed by atoms with Crippen LogP contribution in [0.25, 0.3) is 16.3 Å². The molecule has 1 aliphatic rings. The second-order valence-electron chi connectivity index (χ2n) is 6.72. The number of fused-ring (bicyclic) bond motifs is 5. The lowest BCUT2D eigenvalue weighted by atomic mass is 10.1. The van der Waals surface area contributed by atoms with Crippen LogP contribution in [-0.4, -0.2) is 28.8 Å². The Bertz CT molecular complexity index is 1320. The summed E-state index contributed by atoms with van der Waals surface area (Å²) in [4.78, 5) is 40.6. The van der Waals surface area contributed by atoms with Gasteiger partial charge in [-0.25, -0.2) is 9.69 Å². The Balaban J connectivity index is 1.87. The van der Waals surface area contributed by atoms with Crippen molar-refractivity contribution in [3.8, 4) is 0 Å². The molecule has 3 heterocycles. The van der Waals surface area contributed by atoms with E-state index in [-0.39, 0.29) is 23.4 Å². The zero-order valence-electron chi connectivity index (χ0n) is 15.6. The predicted molar refractivity (Wildman–Crippen MR) is 108 cm³/mol. The molecule has 1 aliphatic heterocycles. The number of ether oxygens (including phenoxy) is 1. The topological polar surface area (TPSA) is 68.1 Å². The van der Waals surface area contributed by atoms with Gasteiger partial charge in [-0.2, -0.15) is 0 Å². The smallest absolute Gasteiger partial charge is 0.356 e. The Labute approximate surface area is 165 Å². The van der Waals surface area contributed by atoms with E-state index in [1.165, 1.54) is 0 Å². The Morgan fingerprint density at radius 2 is 1.59 bits per heavy atom. The second-order valence-corrected chi connectivity index (χ2v) is 6.72. The first-order chi connectivity index (χ1) is 14.1. The summed E-state index contributed by atoms with van der Waals surface area (Å²) in [5, 5.41) is 1.70. The standard InChI is InChI=1S/C23H16N2O4/c1-2-29-23(28)20-18-17(19-16-11-7-6-8-14(16)12-13-24(19)20)21(26)25(22(18)27)15-9-4-3-5-10-15/h3-13H,2H2,1H3. The van der Waals surface area contributed by atoms with Crippen LogP contribution in [-0.2, 0) is 4.74 Å². The summed E-state index contributed by atoms with van der Waals surface area (Å²) < 4.78 is 6.81. The number of amides is 2. The predicted octanol–water partition coefficient (Wildman–Crippen LogP) is 4.07. The molecule has 29 heavy (non-hydrogen) atoms. The molecule has 0 bridgehead atoms. The maximum absolute atomic E-state index is 13.4. The molecule has 2 aromatic heterocycles. The monoisotopic (exact) mass is 384 g/mol. The van der Waals surface area contributed by atoms with Crippen LogP contribution in [0.2, 0.25) is 0 Å². The minimum atomic E-state index is -0.630. The van der Waals surface area contributed by atoms with E-state index >= 15 is 0 Å². The normalized spacial score (nSPS) is 13.3. The van der Waals surface area contributed by atoms with Gasteiger partial charge in [0.1, 0.15) is 5.69 Å². The van der Waals surface area contributed by atoms with Crippen molar-refractivity contribution in [3.63, 3.8) is 0 Å². The van der Waals surface area contributed by atoms with Gasteiger partial charge in [0.2, 0.25) is 0 Å². The molecule has 0 unspecified atom stereocenters. The van der Waals surface area contributed by atoms with Gasteiger partial charge >= 0.3 is 5.97 Å². The van der Waals surface area contributed by atoms with E-state index in [4.69, 9.17) is 4.74 Å². The van der Waals surface area contributed by atoms with Crippen molar-refractivity contribution >= 4 is 39.8 Å². The van der Waals surface area contributed by atoms with Gasteiger partial charge in [-0.15, -0.1) is 0 Å². The molecule has 142 valence electrons. The van der Waals surface area contributed by atoms with E-state index in [1.54, 1.807) is 41.8 Å². The summed E-state index contributed by atoms with van der Waals surface area (Å²) in [6.45, 7) is 1.87. The van der Waals surface area contributed by atoms with E-state index in [1.807, 2.05) is 36.4 Å². The van der Waals surface area contributed by atoms with Crippen molar-refractivity contribution < 1.29 is 19.1 Å². The number of aromatic nitrogens is 1. The van der Waals surface area contributed by atoms with E-state index in [9.17, 15) is 14.4 Å². The molecule has 0 atom stereocenters. The number of esters is 1. The molecule has 6 nitrogen and oxygen atoms in total. The zero-order valence-corrected chi connectivity index (χ0v) is 15.6. The SMILES string of the molecule is CCOC(=O)c1c2c(c3c4ccccc4ccn13)C(=O)N(c1ccccc1)C2=O. The number of pyridine rings is 1. The Morgan fingerprint density at radius 3 is 2.34 bits per heavy atom. The fourth-order valence-electron chi connectivity index (χ4n) is 3.96. The number of nitrogens with zero attached hydrogens (tertiary/aromatic N) is 2. The fraction of sp³-hybridized carbons (Fsp3) is 0.0870. The third kappa shape index (κ3) is 2.32. The van der Waals surface area contributed by atoms with Crippen molar-refractivity contribution in [3.05, 3.63) is 83.7 Å². The van der Waals surface area contributed by atoms with Crippen LogP contribution in [0.4, 0.5) is 5.69 Å². The highest BCUT2D eigenvalue weighted by Gasteiger charge is 2.44. The van der Waals surface area contributed by atoms with Crippen molar-refractivity contribution in [1.82, 2.24) is 4.40 Å². The van der Waals surface area contributed by atoms with Crippen LogP contribution in [0, 0.1) is 0 Å². The molecule has 0 aliphatic carbocycles. The average Bonchev–Trinajstić information content (AvgIpc) is 3.22. The Morgan fingerprint density at radius 1 is 0.897 bits per heavy atom. The van der Waals surface area contributed by atoms with Crippen LogP contribution in [0.1, 0.15) is 38.1 Å². The van der Waals surface area contributed by atoms with Gasteiger partial charge < -0.3 is 9.14 Å². The van der Waals surface area contributed by atoms with Gasteiger partial charge in [-0.3, -0.25) is 9.59 Å². The maximum atomic E-state index is 13.4. The highest BCUT2D eigenvalue weighted by Crippen LogP contribution is 2.38. The van der Waals surface area contributed by atoms with Gasteiger partial charge in [0.05, 0.1) is 28.9 Å². The number of hydrogen-bond donors (Lipinski definition) is 0. The number of imide groups is 1. The fourth-order valence-corrected chi connectivity index (χ4v) is 3.96. The average molecular weight is 384 g/mol. The summed E-state index contributed by atoms with van der Waals surface area (Å²) in [5.41, 5.74) is 1.41. The summed E-state index contributed by atoms with van der Waals surface area (Å²) >= 11 is 0. The molecule has 4 aromatic rings. The van der Waals surface area contributed by atoms with Gasteiger partial charge in [-0.1, -0.05) is 42.5 Å². The van der Waals surface area contributed by atoms with Crippen molar-refractivity contribution in [2.75, 3.05) is 11.5 Å². The number of carbonyl (C=O) groups excluding carboxylic acids is 3. The second kappa shape index (κ2) is 6.31. The van der Waals surface area contributed by atoms with Gasteiger partial charge in [0.15, 0.2) is 0 Å². The molecule has 0 radical (unpaired) electrons. The Kier molecular flexibility index (Phi) is 3.74. The lowest BCUT2D eigenvalue weighted by Crippen LogP contribution is -2.30. The van der Waals surface area contributed by atoms with Gasteiger partial charge in [0, 0.05) is 11.6 Å². The molecule has 5 rings (SSSR count). The molecule has 2 aromatic carbocycles. The third-order valence-electron chi connectivity index (χ3n) is 5.14. The first-order valence-electron chi connectivity index (χ1n) is 9.30. The molecule has 0 fully saturated rings. The highest BCUT2D eigenvalue weighted by molar-refractivity contribution is 6.39. The van der Waals surface area contributed by atoms with Crippen LogP contribution >= 0.6 is 0 Å². The largest absolute Gasteiger partial charge is 0.461 e. The molecule has 0 saturated carbocycles. The van der Waals surface area contributed by atoms with Crippen LogP contribution < -0.4 is 4.90 Å². The summed E-state index contributed by atoms with van der Waals surface area (Å²) in [6.07, 6.45) is 1.70. The number of benzene rings is 2. The highest BCUT2D eigenvalue weighted by atomic mass is 16.5. The van der Waals surface area contributed by atoms with Crippen molar-refractivity contribution in [1.29, 1.82) is 0 Å². The number of hydrogen-bond acceptors (Lipinski definition) is 4. The van der Waals surface area contributed by atoms with E-state index in [2.05, 4.69) is 0 Å². The lowest BCUT2D eigenvalue weighted by molar-refractivity contribution is 0.0515. The summed E-state index contributed by atoms with van der Waals surface area (Å²) in [6, 6.07) is 18.1. The van der Waals surface area contributed by atoms with E-state index in [0.717, 1.165) is 15.7 Å². The lowest BCUT2D eigenvalue weighted by Gasteiger charge is -2.15. The molecule has 0 N–H and O–H groups in total. The van der Waals surface area contributed by atoms with Crippen molar-refractivity contribution in [2.45, 2.75) is 6.92 Å². The van der Waals surface area contributed by atoms with Gasteiger partial charge in [-0.05, 0) is 30.5 Å². The van der Waals surface area contributed by atoms with Crippen molar-refractivity contribution in [2.24, 2.45) is 0 Å². The minimum absolute atomic E-state index is 0.0828. The van der Waals surface area contributed by atoms with E-state index in [0.29, 0.717) is 11.2 Å². The van der Waals surface area contributed by atoms with Crippen LogP contribution in [0.5, 0.6) is 0 Å².